The predicted molar refractivity (Wildman–Crippen MR) is 128 cm³/mol. The lowest BCUT2D eigenvalue weighted by Crippen LogP contribution is -2.41. The van der Waals surface area contributed by atoms with E-state index in [0.29, 0.717) is 18.2 Å². The Labute approximate surface area is 202 Å². The molecule has 1 aromatic carbocycles. The first kappa shape index (κ1) is 23.1. The maximum Gasteiger partial charge on any atom is 0.213 e. The molecular formula is C26H25BrN2O4. The first-order valence-corrected chi connectivity index (χ1v) is 11.5. The smallest absolute Gasteiger partial charge is 0.213 e. The Kier molecular flexibility index (Phi) is 7.82. The molecule has 170 valence electrons. The number of benzene rings is 1. The fourth-order valence-electron chi connectivity index (χ4n) is 3.19. The molecule has 1 atom stereocenters. The summed E-state index contributed by atoms with van der Waals surface area (Å²) in [6.07, 6.45) is 5.11. The van der Waals surface area contributed by atoms with Gasteiger partial charge in [-0.1, -0.05) is 18.1 Å². The Balaban J connectivity index is 1.19. The normalized spacial score (nSPS) is 17.8. The van der Waals surface area contributed by atoms with E-state index >= 15 is 0 Å². The van der Waals surface area contributed by atoms with Crippen molar-refractivity contribution in [2.75, 3.05) is 7.11 Å². The second-order valence-corrected chi connectivity index (χ2v) is 8.63. The Morgan fingerprint density at radius 1 is 0.939 bits per heavy atom. The molecular weight excluding hydrogens is 484 g/mol. The fourth-order valence-corrected chi connectivity index (χ4v) is 3.42. The van der Waals surface area contributed by atoms with Gasteiger partial charge in [0.15, 0.2) is 0 Å². The summed E-state index contributed by atoms with van der Waals surface area (Å²) < 4.78 is 23.7. The highest BCUT2D eigenvalue weighted by Gasteiger charge is 2.33. The lowest BCUT2D eigenvalue weighted by atomic mass is 9.92. The molecule has 2 aromatic heterocycles. The number of nitrogens with zero attached hydrogens (tertiary/aromatic N) is 2. The van der Waals surface area contributed by atoms with Gasteiger partial charge in [-0.3, -0.25) is 0 Å². The van der Waals surface area contributed by atoms with E-state index in [9.17, 15) is 0 Å². The molecule has 0 N–H and O–H groups in total. The van der Waals surface area contributed by atoms with Crippen molar-refractivity contribution in [1.82, 2.24) is 9.97 Å². The maximum absolute atomic E-state index is 5.97. The zero-order valence-corrected chi connectivity index (χ0v) is 20.1. The highest BCUT2D eigenvalue weighted by Crippen LogP contribution is 2.29. The summed E-state index contributed by atoms with van der Waals surface area (Å²) in [4.78, 5) is 8.62. The number of halogens is 1. The average molecular weight is 509 g/mol. The third-order valence-corrected chi connectivity index (χ3v) is 5.61. The zero-order valence-electron chi connectivity index (χ0n) is 18.5. The van der Waals surface area contributed by atoms with Crippen LogP contribution in [0.1, 0.15) is 31.0 Å². The molecule has 1 aliphatic rings. The molecule has 1 unspecified atom stereocenters. The van der Waals surface area contributed by atoms with Crippen molar-refractivity contribution in [2.45, 2.75) is 44.7 Å². The minimum atomic E-state index is -0.211. The number of pyridine rings is 2. The largest absolute Gasteiger partial charge is 0.497 e. The molecule has 0 radical (unpaired) electrons. The van der Waals surface area contributed by atoms with Gasteiger partial charge in [0.05, 0.1) is 19.9 Å². The minimum Gasteiger partial charge on any atom is -0.497 e. The molecule has 6 nitrogen and oxygen atoms in total. The second kappa shape index (κ2) is 11.2. The summed E-state index contributed by atoms with van der Waals surface area (Å²) >= 11 is 3.37. The molecule has 0 bridgehead atoms. The molecule has 4 rings (SSSR count). The summed E-state index contributed by atoms with van der Waals surface area (Å²) in [5.41, 5.74) is 1.75. The molecule has 0 aliphatic heterocycles. The van der Waals surface area contributed by atoms with E-state index in [1.54, 1.807) is 19.5 Å². The van der Waals surface area contributed by atoms with Gasteiger partial charge in [-0.25, -0.2) is 9.97 Å². The van der Waals surface area contributed by atoms with Crippen molar-refractivity contribution in [3.05, 3.63) is 76.7 Å². The monoisotopic (exact) mass is 508 g/mol. The third kappa shape index (κ3) is 6.95. The number of hydrogen-bond acceptors (Lipinski definition) is 6. The molecule has 1 saturated carbocycles. The Hall–Kier alpha value is -3.08. The number of aromatic nitrogens is 2. The maximum atomic E-state index is 5.97. The Bertz CT molecular complexity index is 1090. The van der Waals surface area contributed by atoms with Crippen LogP contribution in [0.15, 0.2) is 65.4 Å². The number of methoxy groups -OCH3 is 1. The molecule has 1 aliphatic carbocycles. The summed E-state index contributed by atoms with van der Waals surface area (Å²) in [5, 5.41) is 0. The van der Waals surface area contributed by atoms with E-state index in [-0.39, 0.29) is 18.3 Å². The SMILES string of the molecule is COc1ccc(COC(C)C#Cc2ccc(O[C@H]3C[C@H](Oc4ccc(Br)cn4)C3)cn2)cc1. The van der Waals surface area contributed by atoms with Gasteiger partial charge in [0, 0.05) is 29.6 Å². The quantitative estimate of drug-likeness (QED) is 0.390. The van der Waals surface area contributed by atoms with Crippen LogP contribution >= 0.6 is 15.9 Å². The fraction of sp³-hybridized carbons (Fsp3) is 0.308. The van der Waals surface area contributed by atoms with E-state index in [4.69, 9.17) is 18.9 Å². The number of hydrogen-bond donors (Lipinski definition) is 0. The van der Waals surface area contributed by atoms with Crippen LogP contribution in [0.3, 0.4) is 0 Å². The van der Waals surface area contributed by atoms with Crippen LogP contribution in [-0.4, -0.2) is 35.4 Å². The van der Waals surface area contributed by atoms with Crippen LogP contribution in [0.2, 0.25) is 0 Å². The van der Waals surface area contributed by atoms with Crippen molar-refractivity contribution in [2.24, 2.45) is 0 Å². The van der Waals surface area contributed by atoms with Gasteiger partial charge in [0.1, 0.15) is 35.5 Å². The van der Waals surface area contributed by atoms with E-state index in [1.165, 1.54) is 0 Å². The van der Waals surface area contributed by atoms with Crippen LogP contribution in [0.25, 0.3) is 0 Å². The van der Waals surface area contributed by atoms with Crippen LogP contribution in [0.4, 0.5) is 0 Å². The van der Waals surface area contributed by atoms with Gasteiger partial charge < -0.3 is 18.9 Å². The predicted octanol–water partition coefficient (Wildman–Crippen LogP) is 5.19. The first-order valence-electron chi connectivity index (χ1n) is 10.7. The molecule has 0 saturated heterocycles. The standard InChI is InChI=1S/C26H25BrN2O4/c1-18(31-17-19-4-9-22(30-2)10-5-19)3-7-21-8-11-23(16-28-21)32-24-13-25(14-24)33-26-12-6-20(27)15-29-26/h4-6,8-12,15-16,18,24-25H,13-14,17H2,1-2H3/t18?,24-,25-. The van der Waals surface area contributed by atoms with Crippen molar-refractivity contribution < 1.29 is 18.9 Å². The minimum absolute atomic E-state index is 0.121. The van der Waals surface area contributed by atoms with Crippen LogP contribution in [0.5, 0.6) is 17.4 Å². The van der Waals surface area contributed by atoms with E-state index in [1.807, 2.05) is 55.5 Å². The topological polar surface area (TPSA) is 62.7 Å². The van der Waals surface area contributed by atoms with Crippen LogP contribution in [-0.2, 0) is 11.3 Å². The average Bonchev–Trinajstić information content (AvgIpc) is 2.82. The summed E-state index contributed by atoms with van der Waals surface area (Å²) in [6, 6.07) is 15.3. The van der Waals surface area contributed by atoms with Crippen molar-refractivity contribution in [3.63, 3.8) is 0 Å². The molecule has 1 fully saturated rings. The number of ether oxygens (including phenoxy) is 4. The van der Waals surface area contributed by atoms with Gasteiger partial charge in [0.25, 0.3) is 0 Å². The van der Waals surface area contributed by atoms with Crippen molar-refractivity contribution >= 4 is 15.9 Å². The molecule has 0 amide bonds. The summed E-state index contributed by atoms with van der Waals surface area (Å²) in [7, 11) is 1.65. The second-order valence-electron chi connectivity index (χ2n) is 7.72. The third-order valence-electron chi connectivity index (χ3n) is 5.14. The highest BCUT2D eigenvalue weighted by atomic mass is 79.9. The Morgan fingerprint density at radius 2 is 1.70 bits per heavy atom. The van der Waals surface area contributed by atoms with Gasteiger partial charge in [-0.05, 0) is 64.7 Å². The lowest BCUT2D eigenvalue weighted by Gasteiger charge is -2.34. The molecule has 2 heterocycles. The molecule has 3 aromatic rings. The molecule has 0 spiro atoms. The Morgan fingerprint density at radius 3 is 2.36 bits per heavy atom. The summed E-state index contributed by atoms with van der Waals surface area (Å²) in [5.74, 6) is 8.33. The van der Waals surface area contributed by atoms with Gasteiger partial charge in [-0.15, -0.1) is 0 Å². The number of rotatable bonds is 8. The first-order chi connectivity index (χ1) is 16.1. The van der Waals surface area contributed by atoms with Crippen LogP contribution in [0, 0.1) is 11.8 Å². The van der Waals surface area contributed by atoms with E-state index in [0.717, 1.165) is 34.4 Å². The van der Waals surface area contributed by atoms with E-state index < -0.39 is 0 Å². The van der Waals surface area contributed by atoms with Gasteiger partial charge in [0.2, 0.25) is 5.88 Å². The van der Waals surface area contributed by atoms with Gasteiger partial charge in [-0.2, -0.15) is 0 Å². The molecule has 33 heavy (non-hydrogen) atoms. The lowest BCUT2D eigenvalue weighted by molar-refractivity contribution is 0.00207. The van der Waals surface area contributed by atoms with Crippen molar-refractivity contribution in [1.29, 1.82) is 0 Å². The van der Waals surface area contributed by atoms with Crippen LogP contribution < -0.4 is 14.2 Å². The molecule has 7 heteroatoms. The summed E-state index contributed by atoms with van der Waals surface area (Å²) in [6.45, 7) is 2.41. The van der Waals surface area contributed by atoms with Gasteiger partial charge >= 0.3 is 0 Å². The van der Waals surface area contributed by atoms with Crippen molar-refractivity contribution in [3.8, 4) is 29.2 Å². The highest BCUT2D eigenvalue weighted by molar-refractivity contribution is 9.10. The van der Waals surface area contributed by atoms with E-state index in [2.05, 4.69) is 37.7 Å². The zero-order chi connectivity index (χ0) is 23.0.